The molecule has 1 aromatic heterocycles. The summed E-state index contributed by atoms with van der Waals surface area (Å²) in [5.74, 6) is -0.905. The Morgan fingerprint density at radius 3 is 2.43 bits per heavy atom. The van der Waals surface area contributed by atoms with E-state index in [0.717, 1.165) is 23.0 Å². The van der Waals surface area contributed by atoms with Crippen molar-refractivity contribution in [3.05, 3.63) is 42.1 Å². The minimum atomic E-state index is -0.861. The van der Waals surface area contributed by atoms with Crippen LogP contribution < -0.4 is 0 Å². The third-order valence-electron chi connectivity index (χ3n) is 5.03. The summed E-state index contributed by atoms with van der Waals surface area (Å²) in [6, 6.07) is 9.87. The van der Waals surface area contributed by atoms with Crippen LogP contribution in [0.1, 0.15) is 88.0 Å². The standard InChI is InChI=1S/C24H33NO3/c1-2-3-4-5-6-7-8-9-10-15-21-19-20-14-11-12-16-22(20)25(21)23(26)17-13-18-24(27)28/h10-12,14-16,19H,2-9,13,17-18H2,1H3,(H,27,28). The Morgan fingerprint density at radius 2 is 1.68 bits per heavy atom. The molecule has 4 nitrogen and oxygen atoms in total. The van der Waals surface area contributed by atoms with Crippen molar-refractivity contribution in [2.75, 3.05) is 0 Å². The molecule has 2 aromatic rings. The number of unbranched alkanes of at least 4 members (excludes halogenated alkanes) is 7. The van der Waals surface area contributed by atoms with Gasteiger partial charge in [0.2, 0.25) is 5.91 Å². The Kier molecular flexibility index (Phi) is 9.53. The van der Waals surface area contributed by atoms with Crippen molar-refractivity contribution in [1.82, 2.24) is 4.57 Å². The summed E-state index contributed by atoms with van der Waals surface area (Å²) in [6.45, 7) is 2.24. The maximum atomic E-state index is 12.7. The van der Waals surface area contributed by atoms with Gasteiger partial charge in [-0.3, -0.25) is 14.2 Å². The predicted octanol–water partition coefficient (Wildman–Crippen LogP) is 6.69. The lowest BCUT2D eigenvalue weighted by atomic mass is 10.1. The van der Waals surface area contributed by atoms with E-state index in [0.29, 0.717) is 6.42 Å². The SMILES string of the molecule is CCCCCCCCCC=Cc1cc2ccccc2n1C(=O)CCCC(=O)O. The van der Waals surface area contributed by atoms with Gasteiger partial charge in [0.25, 0.3) is 0 Å². The van der Waals surface area contributed by atoms with Gasteiger partial charge in [0.1, 0.15) is 0 Å². The fraction of sp³-hybridized carbons (Fsp3) is 0.500. The van der Waals surface area contributed by atoms with Crippen LogP contribution in [-0.2, 0) is 4.79 Å². The lowest BCUT2D eigenvalue weighted by Crippen LogP contribution is -2.12. The Hall–Kier alpha value is -2.36. The van der Waals surface area contributed by atoms with E-state index in [2.05, 4.69) is 13.0 Å². The minimum Gasteiger partial charge on any atom is -0.481 e. The maximum absolute atomic E-state index is 12.7. The third kappa shape index (κ3) is 6.99. The topological polar surface area (TPSA) is 59.3 Å². The van der Waals surface area contributed by atoms with E-state index in [1.807, 2.05) is 36.4 Å². The van der Waals surface area contributed by atoms with Crippen LogP contribution in [0.25, 0.3) is 17.0 Å². The molecule has 0 fully saturated rings. The first-order chi connectivity index (χ1) is 13.6. The van der Waals surface area contributed by atoms with Gasteiger partial charge in [0.15, 0.2) is 0 Å². The molecular formula is C24H33NO3. The number of rotatable bonds is 13. The van der Waals surface area contributed by atoms with Crippen LogP contribution in [0.15, 0.2) is 36.4 Å². The van der Waals surface area contributed by atoms with Crippen LogP contribution in [0.3, 0.4) is 0 Å². The Balaban J connectivity index is 1.95. The molecule has 1 heterocycles. The van der Waals surface area contributed by atoms with Crippen molar-refractivity contribution in [2.45, 2.75) is 77.6 Å². The maximum Gasteiger partial charge on any atom is 0.303 e. The first kappa shape index (κ1) is 21.9. The number of para-hydroxylation sites is 1. The van der Waals surface area contributed by atoms with E-state index in [1.165, 1.54) is 44.9 Å². The Bertz CT molecular complexity index is 788. The molecule has 0 aliphatic carbocycles. The molecule has 1 N–H and O–H groups in total. The zero-order chi connectivity index (χ0) is 20.2. The number of carboxylic acid groups (broad SMARTS) is 1. The normalized spacial score (nSPS) is 11.5. The van der Waals surface area contributed by atoms with Crippen LogP contribution in [0, 0.1) is 0 Å². The number of nitrogens with zero attached hydrogens (tertiary/aromatic N) is 1. The van der Waals surface area contributed by atoms with Crippen molar-refractivity contribution in [3.8, 4) is 0 Å². The van der Waals surface area contributed by atoms with Crippen LogP contribution in [0.2, 0.25) is 0 Å². The van der Waals surface area contributed by atoms with E-state index in [4.69, 9.17) is 5.11 Å². The van der Waals surface area contributed by atoms with Gasteiger partial charge in [0, 0.05) is 23.9 Å². The molecule has 0 saturated heterocycles. The lowest BCUT2D eigenvalue weighted by molar-refractivity contribution is -0.137. The van der Waals surface area contributed by atoms with E-state index in [-0.39, 0.29) is 18.7 Å². The van der Waals surface area contributed by atoms with Crippen molar-refractivity contribution < 1.29 is 14.7 Å². The number of carbonyl (C=O) groups excluding carboxylic acids is 1. The average molecular weight is 384 g/mol. The third-order valence-corrected chi connectivity index (χ3v) is 5.03. The van der Waals surface area contributed by atoms with Gasteiger partial charge in [-0.25, -0.2) is 0 Å². The second-order valence-corrected chi connectivity index (χ2v) is 7.42. The average Bonchev–Trinajstić information content (AvgIpc) is 3.04. The zero-order valence-electron chi connectivity index (χ0n) is 17.0. The molecule has 152 valence electrons. The van der Waals surface area contributed by atoms with Crippen LogP contribution in [-0.4, -0.2) is 21.6 Å². The number of aliphatic carboxylic acids is 1. The largest absolute Gasteiger partial charge is 0.481 e. The Morgan fingerprint density at radius 1 is 0.964 bits per heavy atom. The van der Waals surface area contributed by atoms with E-state index in [1.54, 1.807) is 4.57 Å². The van der Waals surface area contributed by atoms with Crippen LogP contribution >= 0.6 is 0 Å². The number of hydrogen-bond donors (Lipinski definition) is 1. The van der Waals surface area contributed by atoms with Gasteiger partial charge in [-0.2, -0.15) is 0 Å². The highest BCUT2D eigenvalue weighted by atomic mass is 16.4. The molecule has 0 saturated carbocycles. The smallest absolute Gasteiger partial charge is 0.303 e. The van der Waals surface area contributed by atoms with Crippen molar-refractivity contribution >= 4 is 28.9 Å². The summed E-state index contributed by atoms with van der Waals surface area (Å²) < 4.78 is 1.73. The summed E-state index contributed by atoms with van der Waals surface area (Å²) in [6.07, 6.45) is 14.9. The monoisotopic (exact) mass is 383 g/mol. The number of carbonyl (C=O) groups is 2. The second kappa shape index (κ2) is 12.2. The molecule has 0 aliphatic rings. The molecule has 28 heavy (non-hydrogen) atoms. The van der Waals surface area contributed by atoms with Gasteiger partial charge >= 0.3 is 5.97 Å². The first-order valence-electron chi connectivity index (χ1n) is 10.7. The van der Waals surface area contributed by atoms with E-state index < -0.39 is 5.97 Å². The fourth-order valence-corrected chi connectivity index (χ4v) is 3.50. The predicted molar refractivity (Wildman–Crippen MR) is 116 cm³/mol. The van der Waals surface area contributed by atoms with E-state index >= 15 is 0 Å². The number of carboxylic acids is 1. The zero-order valence-corrected chi connectivity index (χ0v) is 17.0. The first-order valence-corrected chi connectivity index (χ1v) is 10.7. The highest BCUT2D eigenvalue weighted by Crippen LogP contribution is 2.22. The quantitative estimate of drug-likeness (QED) is 0.392. The summed E-state index contributed by atoms with van der Waals surface area (Å²) in [5.41, 5.74) is 1.77. The van der Waals surface area contributed by atoms with Crippen LogP contribution in [0.4, 0.5) is 0 Å². The fourth-order valence-electron chi connectivity index (χ4n) is 3.50. The number of allylic oxidation sites excluding steroid dienone is 1. The van der Waals surface area contributed by atoms with Gasteiger partial charge in [-0.1, -0.05) is 69.7 Å². The highest BCUT2D eigenvalue weighted by Gasteiger charge is 2.13. The van der Waals surface area contributed by atoms with E-state index in [9.17, 15) is 9.59 Å². The molecule has 0 aliphatic heterocycles. The molecule has 0 spiro atoms. The number of hydrogen-bond acceptors (Lipinski definition) is 2. The Labute approximate surface area is 168 Å². The summed E-state index contributed by atoms with van der Waals surface area (Å²) >= 11 is 0. The lowest BCUT2D eigenvalue weighted by Gasteiger charge is -2.07. The molecule has 2 rings (SSSR count). The molecule has 0 radical (unpaired) electrons. The molecular weight excluding hydrogens is 350 g/mol. The minimum absolute atomic E-state index is 0.0222. The van der Waals surface area contributed by atoms with Crippen LogP contribution in [0.5, 0.6) is 0 Å². The van der Waals surface area contributed by atoms with Crippen molar-refractivity contribution in [2.24, 2.45) is 0 Å². The molecule has 1 aromatic carbocycles. The van der Waals surface area contributed by atoms with Gasteiger partial charge in [0.05, 0.1) is 5.52 Å². The van der Waals surface area contributed by atoms with Crippen molar-refractivity contribution in [1.29, 1.82) is 0 Å². The summed E-state index contributed by atoms with van der Waals surface area (Å²) in [5, 5.41) is 9.83. The molecule has 0 bridgehead atoms. The molecule has 4 heteroatoms. The molecule has 0 amide bonds. The summed E-state index contributed by atoms with van der Waals surface area (Å²) in [4.78, 5) is 23.4. The van der Waals surface area contributed by atoms with Gasteiger partial charge < -0.3 is 5.11 Å². The molecule has 0 unspecified atom stereocenters. The second-order valence-electron chi connectivity index (χ2n) is 7.42. The molecule has 0 atom stereocenters. The van der Waals surface area contributed by atoms with Gasteiger partial charge in [-0.15, -0.1) is 0 Å². The van der Waals surface area contributed by atoms with Crippen molar-refractivity contribution in [3.63, 3.8) is 0 Å². The highest BCUT2D eigenvalue weighted by molar-refractivity contribution is 5.95. The summed E-state index contributed by atoms with van der Waals surface area (Å²) in [7, 11) is 0. The number of fused-ring (bicyclic) bond motifs is 1. The van der Waals surface area contributed by atoms with Gasteiger partial charge in [-0.05, 0) is 37.5 Å². The number of benzene rings is 1. The number of aromatic nitrogens is 1.